The van der Waals surface area contributed by atoms with Gasteiger partial charge in [0.25, 0.3) is 5.91 Å². The van der Waals surface area contributed by atoms with Gasteiger partial charge in [0.05, 0.1) is 23.4 Å². The smallest absolute Gasteiger partial charge is 0.262 e. The predicted octanol–water partition coefficient (Wildman–Crippen LogP) is 5.34. The molecule has 4 rings (SSSR count). The van der Waals surface area contributed by atoms with Crippen molar-refractivity contribution in [1.82, 2.24) is 14.7 Å². The van der Waals surface area contributed by atoms with Crippen molar-refractivity contribution >= 4 is 34.5 Å². The Hall–Kier alpha value is -2.91. The summed E-state index contributed by atoms with van der Waals surface area (Å²) in [6, 6.07) is 11.3. The second kappa shape index (κ2) is 9.99. The summed E-state index contributed by atoms with van der Waals surface area (Å²) in [7, 11) is 0. The number of thiophene rings is 1. The van der Waals surface area contributed by atoms with E-state index in [0.717, 1.165) is 32.9 Å². The van der Waals surface area contributed by atoms with Crippen LogP contribution in [0.5, 0.6) is 5.75 Å². The summed E-state index contributed by atoms with van der Waals surface area (Å²) in [5, 5.41) is 13.5. The van der Waals surface area contributed by atoms with Crippen molar-refractivity contribution in [2.75, 3.05) is 0 Å². The molecule has 184 valence electrons. The first-order valence-electron chi connectivity index (χ1n) is 11.3. The Labute approximate surface area is 213 Å². The van der Waals surface area contributed by atoms with Gasteiger partial charge in [0, 0.05) is 34.9 Å². The van der Waals surface area contributed by atoms with Gasteiger partial charge >= 0.3 is 0 Å². The van der Waals surface area contributed by atoms with Gasteiger partial charge in [0.2, 0.25) is 0 Å². The van der Waals surface area contributed by atoms with Crippen LogP contribution >= 0.6 is 22.9 Å². The molecule has 1 amide bonds. The van der Waals surface area contributed by atoms with E-state index in [9.17, 15) is 9.90 Å². The summed E-state index contributed by atoms with van der Waals surface area (Å²) in [4.78, 5) is 17.7. The van der Waals surface area contributed by atoms with E-state index in [1.54, 1.807) is 12.3 Å². The van der Waals surface area contributed by atoms with Crippen LogP contribution in [0.25, 0.3) is 16.2 Å². The van der Waals surface area contributed by atoms with E-state index in [0.29, 0.717) is 22.2 Å². The van der Waals surface area contributed by atoms with Crippen molar-refractivity contribution in [2.24, 2.45) is 5.73 Å². The lowest BCUT2D eigenvalue weighted by atomic mass is 10.1. The number of nitrogens with zero attached hydrogens (tertiary/aromatic N) is 2. The number of halogens is 1. The maximum Gasteiger partial charge on any atom is 0.262 e. The molecule has 0 unspecified atom stereocenters. The zero-order chi connectivity index (χ0) is 25.3. The fourth-order valence-electron chi connectivity index (χ4n) is 3.69. The van der Waals surface area contributed by atoms with Crippen molar-refractivity contribution in [2.45, 2.75) is 52.5 Å². The van der Waals surface area contributed by atoms with Crippen LogP contribution in [-0.4, -0.2) is 25.9 Å². The van der Waals surface area contributed by atoms with E-state index in [1.807, 2.05) is 47.9 Å². The summed E-state index contributed by atoms with van der Waals surface area (Å²) in [5.74, 6) is -0.171. The highest BCUT2D eigenvalue weighted by Crippen LogP contribution is 2.39. The van der Waals surface area contributed by atoms with E-state index in [-0.39, 0.29) is 12.1 Å². The number of aliphatic hydroxyl groups excluding tert-OH is 1. The molecule has 3 aromatic heterocycles. The van der Waals surface area contributed by atoms with Crippen LogP contribution in [0.4, 0.5) is 0 Å². The minimum atomic E-state index is -0.567. The quantitative estimate of drug-likeness (QED) is 0.296. The molecule has 1 aromatic carbocycles. The maximum absolute atomic E-state index is 12.2. The lowest BCUT2D eigenvalue weighted by molar-refractivity contribution is 0.0998. The Morgan fingerprint density at radius 3 is 2.66 bits per heavy atom. The molecule has 35 heavy (non-hydrogen) atoms. The number of carbonyl (C=O) groups is 1. The van der Waals surface area contributed by atoms with Crippen LogP contribution in [-0.2, 0) is 13.2 Å². The summed E-state index contributed by atoms with van der Waals surface area (Å²) in [6.07, 6.45) is 3.14. The van der Waals surface area contributed by atoms with E-state index in [1.165, 1.54) is 11.3 Å². The number of fused-ring (bicyclic) bond motifs is 1. The van der Waals surface area contributed by atoms with E-state index in [4.69, 9.17) is 22.1 Å². The Kier molecular flexibility index (Phi) is 7.19. The standard InChI is InChI=1S/C26H29ClN4O3S/c1-15(18-7-5-16(9-19(18)27)11-30-26(2,3)4)34-21-10-22(35-24(21)25(28)33)20-12-29-23-8-6-17(14-32)13-31(20)23/h5-10,12-13,15,30,32H,11,14H2,1-4H3,(H2,28,33)/t15-/m1/s1. The highest BCUT2D eigenvalue weighted by molar-refractivity contribution is 7.17. The Morgan fingerprint density at radius 2 is 2.00 bits per heavy atom. The molecule has 4 aromatic rings. The fraction of sp³-hybridized carbons (Fsp3) is 0.308. The van der Waals surface area contributed by atoms with Gasteiger partial charge < -0.3 is 20.9 Å². The molecule has 0 fully saturated rings. The highest BCUT2D eigenvalue weighted by Gasteiger charge is 2.22. The number of nitrogens with one attached hydrogen (secondary N) is 1. The first kappa shape index (κ1) is 25.2. The van der Waals surface area contributed by atoms with Gasteiger partial charge in [-0.15, -0.1) is 11.3 Å². The highest BCUT2D eigenvalue weighted by atomic mass is 35.5. The van der Waals surface area contributed by atoms with Crippen LogP contribution in [0.15, 0.2) is 48.8 Å². The van der Waals surface area contributed by atoms with E-state index >= 15 is 0 Å². The van der Waals surface area contributed by atoms with Gasteiger partial charge in [-0.2, -0.15) is 0 Å². The van der Waals surface area contributed by atoms with Crippen molar-refractivity contribution < 1.29 is 14.6 Å². The number of imidazole rings is 1. The molecular weight excluding hydrogens is 484 g/mol. The second-order valence-corrected chi connectivity index (χ2v) is 10.9. The maximum atomic E-state index is 12.2. The molecule has 1 atom stereocenters. The van der Waals surface area contributed by atoms with Crippen LogP contribution in [0.3, 0.4) is 0 Å². The summed E-state index contributed by atoms with van der Waals surface area (Å²) in [5.41, 5.74) is 9.83. The van der Waals surface area contributed by atoms with Crippen LogP contribution in [0, 0.1) is 0 Å². The summed E-state index contributed by atoms with van der Waals surface area (Å²) < 4.78 is 8.07. The monoisotopic (exact) mass is 512 g/mol. The van der Waals surface area contributed by atoms with Gasteiger partial charge in [-0.1, -0.05) is 29.8 Å². The van der Waals surface area contributed by atoms with Crippen LogP contribution < -0.4 is 15.8 Å². The number of aliphatic hydroxyl groups is 1. The lowest BCUT2D eigenvalue weighted by Crippen LogP contribution is -2.35. The minimum absolute atomic E-state index is 0.00384. The zero-order valence-corrected chi connectivity index (χ0v) is 21.7. The van der Waals surface area contributed by atoms with Crippen LogP contribution in [0.1, 0.15) is 60.2 Å². The first-order chi connectivity index (χ1) is 16.6. The van der Waals surface area contributed by atoms with Crippen molar-refractivity contribution in [3.63, 3.8) is 0 Å². The number of hydrogen-bond acceptors (Lipinski definition) is 6. The molecular formula is C26H29ClN4O3S. The number of nitrogens with two attached hydrogens (primary N) is 1. The first-order valence-corrected chi connectivity index (χ1v) is 12.5. The van der Waals surface area contributed by atoms with E-state index in [2.05, 4.69) is 31.1 Å². The van der Waals surface area contributed by atoms with Crippen LogP contribution in [0.2, 0.25) is 5.02 Å². The number of aromatic nitrogens is 2. The molecule has 4 N–H and O–H groups in total. The number of benzene rings is 1. The van der Waals surface area contributed by atoms with Crippen molar-refractivity contribution in [1.29, 1.82) is 0 Å². The summed E-state index contributed by atoms with van der Waals surface area (Å²) in [6.45, 7) is 8.85. The molecule has 0 aliphatic carbocycles. The number of hydrogen-bond donors (Lipinski definition) is 3. The lowest BCUT2D eigenvalue weighted by Gasteiger charge is -2.21. The van der Waals surface area contributed by atoms with E-state index < -0.39 is 12.0 Å². The number of rotatable bonds is 8. The molecule has 0 saturated heterocycles. The zero-order valence-electron chi connectivity index (χ0n) is 20.1. The van der Waals surface area contributed by atoms with Crippen molar-refractivity contribution in [3.05, 3.63) is 75.4 Å². The number of amides is 1. The topological polar surface area (TPSA) is 102 Å². The van der Waals surface area contributed by atoms with Gasteiger partial charge in [0.15, 0.2) is 0 Å². The third kappa shape index (κ3) is 5.67. The Morgan fingerprint density at radius 1 is 1.26 bits per heavy atom. The average molecular weight is 513 g/mol. The number of carbonyl (C=O) groups excluding carboxylic acids is 1. The average Bonchev–Trinajstić information content (AvgIpc) is 3.40. The van der Waals surface area contributed by atoms with Crippen molar-refractivity contribution in [3.8, 4) is 16.3 Å². The molecule has 0 radical (unpaired) electrons. The second-order valence-electron chi connectivity index (χ2n) is 9.45. The summed E-state index contributed by atoms with van der Waals surface area (Å²) >= 11 is 7.84. The third-order valence-corrected chi connectivity index (χ3v) is 7.03. The molecule has 0 aliphatic heterocycles. The molecule has 0 aliphatic rings. The minimum Gasteiger partial charge on any atom is -0.484 e. The SMILES string of the molecule is C[C@@H](Oc1cc(-c2cnc3ccc(CO)cn23)sc1C(N)=O)c1ccc(CNC(C)(C)C)cc1Cl. The fourth-order valence-corrected chi connectivity index (χ4v) is 5.00. The van der Waals surface area contributed by atoms with Gasteiger partial charge in [-0.25, -0.2) is 4.98 Å². The number of pyridine rings is 1. The third-order valence-electron chi connectivity index (χ3n) is 5.55. The van der Waals surface area contributed by atoms with Gasteiger partial charge in [0.1, 0.15) is 22.4 Å². The Bertz CT molecular complexity index is 1370. The molecule has 3 heterocycles. The molecule has 9 heteroatoms. The number of primary amides is 1. The normalized spacial score (nSPS) is 12.7. The largest absolute Gasteiger partial charge is 0.484 e. The predicted molar refractivity (Wildman–Crippen MR) is 140 cm³/mol. The van der Waals surface area contributed by atoms with Gasteiger partial charge in [-0.3, -0.25) is 9.20 Å². The number of ether oxygens (including phenoxy) is 1. The van der Waals surface area contributed by atoms with Gasteiger partial charge in [-0.05, 0) is 51.0 Å². The Balaban J connectivity index is 1.61. The molecule has 0 bridgehead atoms. The molecule has 0 spiro atoms. The molecule has 7 nitrogen and oxygen atoms in total. The molecule has 0 saturated carbocycles.